The quantitative estimate of drug-likeness (QED) is 0.534. The number of ether oxygens (including phenoxy) is 1. The molecule has 0 heterocycles. The maximum atomic E-state index is 13.2. The van der Waals surface area contributed by atoms with Gasteiger partial charge in [-0.3, -0.25) is 0 Å². The highest BCUT2D eigenvalue weighted by atomic mass is 79.9. The Bertz CT molecular complexity index is 579. The summed E-state index contributed by atoms with van der Waals surface area (Å²) in [6.45, 7) is 4.76. The Kier molecular flexibility index (Phi) is 7.05. The van der Waals surface area contributed by atoms with Crippen LogP contribution in [0.25, 0.3) is 0 Å². The number of nitrogen functional groups attached to an aromatic ring is 1. The first-order valence-electron chi connectivity index (χ1n) is 6.60. The van der Waals surface area contributed by atoms with Crippen LogP contribution in [0.5, 0.6) is 0 Å². The van der Waals surface area contributed by atoms with E-state index in [1.54, 1.807) is 0 Å². The van der Waals surface area contributed by atoms with Crippen molar-refractivity contribution in [2.45, 2.75) is 37.7 Å². The van der Waals surface area contributed by atoms with Crippen molar-refractivity contribution in [3.8, 4) is 0 Å². The largest absolute Gasteiger partial charge is 0.396 e. The molecule has 120 valence electrons. The molecule has 0 aliphatic carbocycles. The van der Waals surface area contributed by atoms with Gasteiger partial charge >= 0.3 is 0 Å². The van der Waals surface area contributed by atoms with Crippen LogP contribution < -0.4 is 10.5 Å². The molecular weight excluding hydrogens is 363 g/mol. The van der Waals surface area contributed by atoms with E-state index >= 15 is 0 Å². The van der Waals surface area contributed by atoms with Crippen LogP contribution in [0, 0.1) is 5.82 Å². The highest BCUT2D eigenvalue weighted by Gasteiger charge is 2.19. The molecule has 0 saturated heterocycles. The normalized spacial score (nSPS) is 12.0. The zero-order valence-electron chi connectivity index (χ0n) is 12.0. The first-order chi connectivity index (χ1) is 9.74. The molecule has 1 rings (SSSR count). The van der Waals surface area contributed by atoms with Crippen LogP contribution in [-0.4, -0.2) is 27.7 Å². The SMILES string of the molecule is CC(C)OCCCCNS(=O)(=O)c1cc(N)c(F)cc1Br. The van der Waals surface area contributed by atoms with E-state index in [2.05, 4.69) is 20.7 Å². The Morgan fingerprint density at radius 3 is 2.67 bits per heavy atom. The van der Waals surface area contributed by atoms with Gasteiger partial charge in [0, 0.05) is 17.6 Å². The van der Waals surface area contributed by atoms with E-state index in [1.165, 1.54) is 0 Å². The van der Waals surface area contributed by atoms with Gasteiger partial charge in [0.25, 0.3) is 0 Å². The molecule has 21 heavy (non-hydrogen) atoms. The molecular formula is C13H20BrFN2O3S. The minimum Gasteiger partial charge on any atom is -0.396 e. The number of hydrogen-bond acceptors (Lipinski definition) is 4. The number of unbranched alkanes of at least 4 members (excludes halogenated alkanes) is 1. The van der Waals surface area contributed by atoms with Gasteiger partial charge in [-0.05, 0) is 54.8 Å². The smallest absolute Gasteiger partial charge is 0.241 e. The summed E-state index contributed by atoms with van der Waals surface area (Å²) >= 11 is 3.03. The number of nitrogens with one attached hydrogen (secondary N) is 1. The number of halogens is 2. The molecule has 0 fully saturated rings. The van der Waals surface area contributed by atoms with Gasteiger partial charge in [-0.15, -0.1) is 0 Å². The number of hydrogen-bond donors (Lipinski definition) is 2. The number of rotatable bonds is 8. The van der Waals surface area contributed by atoms with Gasteiger partial charge in [-0.25, -0.2) is 17.5 Å². The number of anilines is 1. The van der Waals surface area contributed by atoms with Crippen molar-refractivity contribution >= 4 is 31.6 Å². The van der Waals surface area contributed by atoms with Gasteiger partial charge in [0.15, 0.2) is 0 Å². The van der Waals surface area contributed by atoms with E-state index in [0.717, 1.165) is 18.6 Å². The summed E-state index contributed by atoms with van der Waals surface area (Å²) in [5.41, 5.74) is 5.20. The lowest BCUT2D eigenvalue weighted by atomic mass is 10.3. The lowest BCUT2D eigenvalue weighted by molar-refractivity contribution is 0.0762. The van der Waals surface area contributed by atoms with E-state index in [4.69, 9.17) is 10.5 Å². The fourth-order valence-electron chi connectivity index (χ4n) is 1.58. The van der Waals surface area contributed by atoms with Gasteiger partial charge in [0.1, 0.15) is 5.82 Å². The number of benzene rings is 1. The van der Waals surface area contributed by atoms with Gasteiger partial charge < -0.3 is 10.5 Å². The second-order valence-electron chi connectivity index (χ2n) is 4.83. The predicted octanol–water partition coefficient (Wildman–Crippen LogP) is 2.65. The first-order valence-corrected chi connectivity index (χ1v) is 8.87. The summed E-state index contributed by atoms with van der Waals surface area (Å²) in [6, 6.07) is 2.14. The van der Waals surface area contributed by atoms with Crippen LogP contribution in [0.3, 0.4) is 0 Å². The molecule has 0 aromatic heterocycles. The molecule has 0 spiro atoms. The van der Waals surface area contributed by atoms with Crippen molar-refractivity contribution in [1.29, 1.82) is 0 Å². The van der Waals surface area contributed by atoms with E-state index in [9.17, 15) is 12.8 Å². The molecule has 0 atom stereocenters. The van der Waals surface area contributed by atoms with E-state index < -0.39 is 15.8 Å². The molecule has 1 aromatic rings. The molecule has 3 N–H and O–H groups in total. The van der Waals surface area contributed by atoms with Gasteiger partial charge in [-0.2, -0.15) is 0 Å². The summed E-state index contributed by atoms with van der Waals surface area (Å²) < 4.78 is 45.4. The molecule has 8 heteroatoms. The third-order valence-corrected chi connectivity index (χ3v) is 5.07. The summed E-state index contributed by atoms with van der Waals surface area (Å²) in [4.78, 5) is -0.0696. The Morgan fingerprint density at radius 1 is 1.38 bits per heavy atom. The maximum absolute atomic E-state index is 13.2. The molecule has 0 aliphatic heterocycles. The van der Waals surface area contributed by atoms with Crippen molar-refractivity contribution in [2.24, 2.45) is 0 Å². The average molecular weight is 383 g/mol. The summed E-state index contributed by atoms with van der Waals surface area (Å²) in [5, 5.41) is 0. The van der Waals surface area contributed by atoms with Crippen molar-refractivity contribution in [3.05, 3.63) is 22.4 Å². The monoisotopic (exact) mass is 382 g/mol. The maximum Gasteiger partial charge on any atom is 0.241 e. The van der Waals surface area contributed by atoms with Crippen molar-refractivity contribution in [1.82, 2.24) is 4.72 Å². The second kappa shape index (κ2) is 8.07. The fraction of sp³-hybridized carbons (Fsp3) is 0.538. The van der Waals surface area contributed by atoms with Gasteiger partial charge in [-0.1, -0.05) is 0 Å². The van der Waals surface area contributed by atoms with E-state index in [-0.39, 0.29) is 27.7 Å². The third-order valence-electron chi connectivity index (χ3n) is 2.66. The molecule has 0 unspecified atom stereocenters. The summed E-state index contributed by atoms with van der Waals surface area (Å²) in [5.74, 6) is -0.661. The van der Waals surface area contributed by atoms with Crippen LogP contribution in [0.15, 0.2) is 21.5 Å². The Labute approximate surface area is 133 Å². The predicted molar refractivity (Wildman–Crippen MR) is 84.0 cm³/mol. The van der Waals surface area contributed by atoms with Crippen molar-refractivity contribution < 1.29 is 17.5 Å². The Hall–Kier alpha value is -0.700. The standard InChI is InChI=1S/C13H20BrFN2O3S/c1-9(2)20-6-4-3-5-17-21(18,19)13-8-12(16)11(15)7-10(13)14/h7-9,17H,3-6,16H2,1-2H3. The Balaban J connectivity index is 2.56. The third kappa shape index (κ3) is 5.90. The van der Waals surface area contributed by atoms with Gasteiger partial charge in [0.05, 0.1) is 16.7 Å². The van der Waals surface area contributed by atoms with Gasteiger partial charge in [0.2, 0.25) is 10.0 Å². The zero-order chi connectivity index (χ0) is 16.0. The summed E-state index contributed by atoms with van der Waals surface area (Å²) in [6.07, 6.45) is 1.58. The topological polar surface area (TPSA) is 81.4 Å². The molecule has 0 radical (unpaired) electrons. The van der Waals surface area contributed by atoms with Crippen LogP contribution in [-0.2, 0) is 14.8 Å². The molecule has 1 aromatic carbocycles. The van der Waals surface area contributed by atoms with Crippen LogP contribution in [0.4, 0.5) is 10.1 Å². The fourth-order valence-corrected chi connectivity index (χ4v) is 3.70. The molecule has 0 bridgehead atoms. The van der Waals surface area contributed by atoms with Crippen LogP contribution in [0.2, 0.25) is 0 Å². The van der Waals surface area contributed by atoms with E-state index in [0.29, 0.717) is 13.0 Å². The first kappa shape index (κ1) is 18.3. The minimum atomic E-state index is -3.72. The lowest BCUT2D eigenvalue weighted by Gasteiger charge is -2.10. The molecule has 0 amide bonds. The van der Waals surface area contributed by atoms with Crippen LogP contribution in [0.1, 0.15) is 26.7 Å². The highest BCUT2D eigenvalue weighted by molar-refractivity contribution is 9.10. The average Bonchev–Trinajstić information content (AvgIpc) is 2.37. The minimum absolute atomic E-state index is 0.0696. The number of sulfonamides is 1. The van der Waals surface area contributed by atoms with Crippen LogP contribution >= 0.6 is 15.9 Å². The van der Waals surface area contributed by atoms with Crippen molar-refractivity contribution in [3.63, 3.8) is 0 Å². The highest BCUT2D eigenvalue weighted by Crippen LogP contribution is 2.26. The number of nitrogens with two attached hydrogens (primary N) is 1. The summed E-state index contributed by atoms with van der Waals surface area (Å²) in [7, 11) is -3.72. The molecule has 0 saturated carbocycles. The zero-order valence-corrected chi connectivity index (χ0v) is 14.4. The second-order valence-corrected chi connectivity index (χ2v) is 7.42. The molecule has 5 nitrogen and oxygen atoms in total. The molecule has 0 aliphatic rings. The Morgan fingerprint density at radius 2 is 2.05 bits per heavy atom. The lowest BCUT2D eigenvalue weighted by Crippen LogP contribution is -2.25. The van der Waals surface area contributed by atoms with Crippen molar-refractivity contribution in [2.75, 3.05) is 18.9 Å². The van der Waals surface area contributed by atoms with E-state index in [1.807, 2.05) is 13.8 Å².